The van der Waals surface area contributed by atoms with Crippen molar-refractivity contribution in [2.24, 2.45) is 0 Å². The fourth-order valence-corrected chi connectivity index (χ4v) is 0.982. The maximum atomic E-state index is 12.9. The Morgan fingerprint density at radius 1 is 1.46 bits per heavy atom. The van der Waals surface area contributed by atoms with Crippen molar-refractivity contribution < 1.29 is 17.6 Å². The second-order valence-electron chi connectivity index (χ2n) is 2.57. The van der Waals surface area contributed by atoms with Gasteiger partial charge in [0.1, 0.15) is 0 Å². The summed E-state index contributed by atoms with van der Waals surface area (Å²) in [6.45, 7) is 0. The first-order chi connectivity index (χ1) is 5.87. The third-order valence-electron chi connectivity index (χ3n) is 1.63. The molecule has 1 aliphatic heterocycles. The highest BCUT2D eigenvalue weighted by Gasteiger charge is 2.49. The van der Waals surface area contributed by atoms with Crippen LogP contribution in [0.4, 0.5) is 17.6 Å². The molecule has 0 N–H and O–H groups in total. The summed E-state index contributed by atoms with van der Waals surface area (Å²) in [5.41, 5.74) is -2.94. The van der Waals surface area contributed by atoms with Crippen molar-refractivity contribution in [2.45, 2.75) is 18.1 Å². The molecule has 7 heteroatoms. The molecule has 1 heterocycles. The highest BCUT2D eigenvalue weighted by Crippen LogP contribution is 2.34. The monoisotopic (exact) mass is 218 g/mol. The number of hydrogen-bond donors (Lipinski definition) is 0. The van der Waals surface area contributed by atoms with E-state index in [-0.39, 0.29) is 4.90 Å². The van der Waals surface area contributed by atoms with Crippen molar-refractivity contribution in [3.8, 4) is 0 Å². The minimum atomic E-state index is -4.04. The molecule has 0 aliphatic carbocycles. The van der Waals surface area contributed by atoms with Gasteiger partial charge in [0.2, 0.25) is 0 Å². The summed E-state index contributed by atoms with van der Waals surface area (Å²) in [5, 5.41) is 0. The average Bonchev–Trinajstić information content (AvgIpc) is 2.33. The Bertz CT molecular complexity index is 221. The van der Waals surface area contributed by atoms with Gasteiger partial charge in [-0.05, 0) is 0 Å². The molecule has 13 heavy (non-hydrogen) atoms. The number of alkyl halides is 5. The van der Waals surface area contributed by atoms with E-state index in [0.717, 1.165) is 17.3 Å². The Morgan fingerprint density at radius 2 is 2.00 bits per heavy atom. The zero-order valence-corrected chi connectivity index (χ0v) is 7.35. The zero-order valence-electron chi connectivity index (χ0n) is 6.59. The average molecular weight is 219 g/mol. The molecular formula is C6H7ClF4N2. The van der Waals surface area contributed by atoms with Crippen molar-refractivity contribution >= 4 is 11.6 Å². The van der Waals surface area contributed by atoms with Gasteiger partial charge in [-0.15, -0.1) is 0 Å². The van der Waals surface area contributed by atoms with Crippen LogP contribution in [0.1, 0.15) is 0 Å². The van der Waals surface area contributed by atoms with Gasteiger partial charge in [-0.3, -0.25) is 4.90 Å². The van der Waals surface area contributed by atoms with Gasteiger partial charge in [0, 0.05) is 19.4 Å². The molecule has 0 aromatic heterocycles. The van der Waals surface area contributed by atoms with E-state index in [1.54, 1.807) is 0 Å². The maximum Gasteiger partial charge on any atom is 0.373 e. The Morgan fingerprint density at radius 3 is 2.31 bits per heavy atom. The number of rotatable bonds is 2. The molecule has 2 unspecified atom stereocenters. The van der Waals surface area contributed by atoms with Crippen LogP contribution in [0.25, 0.3) is 0 Å². The lowest BCUT2D eigenvalue weighted by Crippen LogP contribution is -2.48. The summed E-state index contributed by atoms with van der Waals surface area (Å²) >= 11 is 4.59. The van der Waals surface area contributed by atoms with Crippen LogP contribution in [0.3, 0.4) is 0 Å². The standard InChI is InChI=1S/C6H7ClF4N2/c1-12-2-3-13(5(12)9)6(10,11)4(7)8/h2-5H,1H3. The van der Waals surface area contributed by atoms with Crippen LogP contribution >= 0.6 is 11.6 Å². The van der Waals surface area contributed by atoms with Gasteiger partial charge in [0.05, 0.1) is 0 Å². The number of nitrogens with zero attached hydrogens (tertiary/aromatic N) is 2. The Kier molecular flexibility index (Phi) is 2.61. The molecule has 0 amide bonds. The quantitative estimate of drug-likeness (QED) is 0.398. The second-order valence-corrected chi connectivity index (χ2v) is 2.95. The van der Waals surface area contributed by atoms with E-state index in [4.69, 9.17) is 0 Å². The van der Waals surface area contributed by atoms with Crippen LogP contribution in [-0.4, -0.2) is 34.9 Å². The van der Waals surface area contributed by atoms with Crippen molar-refractivity contribution in [1.82, 2.24) is 9.80 Å². The Balaban J connectivity index is 2.79. The highest BCUT2D eigenvalue weighted by molar-refractivity contribution is 6.20. The van der Waals surface area contributed by atoms with Crippen LogP contribution in [0.15, 0.2) is 12.4 Å². The molecule has 0 fully saturated rings. The van der Waals surface area contributed by atoms with E-state index in [1.165, 1.54) is 7.05 Å². The lowest BCUT2D eigenvalue weighted by molar-refractivity contribution is -0.195. The molecule has 0 radical (unpaired) electrons. The number of halogens is 5. The molecule has 1 rings (SSSR count). The summed E-state index contributed by atoms with van der Waals surface area (Å²) in [6.07, 6.45) is -0.274. The summed E-state index contributed by atoms with van der Waals surface area (Å²) in [5.74, 6) is 0. The third kappa shape index (κ3) is 1.67. The predicted molar refractivity (Wildman–Crippen MR) is 39.3 cm³/mol. The van der Waals surface area contributed by atoms with Gasteiger partial charge in [0.15, 0.2) is 0 Å². The van der Waals surface area contributed by atoms with Gasteiger partial charge in [-0.1, -0.05) is 11.6 Å². The zero-order chi connectivity index (χ0) is 10.2. The molecule has 0 aromatic rings. The molecule has 2 nitrogen and oxygen atoms in total. The van der Waals surface area contributed by atoms with Gasteiger partial charge in [-0.25, -0.2) is 4.39 Å². The maximum absolute atomic E-state index is 12.9. The normalized spacial score (nSPS) is 25.5. The fraction of sp³-hybridized carbons (Fsp3) is 0.667. The SMILES string of the molecule is CN1C=CN(C(F)(F)C(F)Cl)C1F. The fourth-order valence-electron chi connectivity index (χ4n) is 0.869. The smallest absolute Gasteiger partial charge is 0.333 e. The van der Waals surface area contributed by atoms with E-state index in [1.807, 2.05) is 0 Å². The van der Waals surface area contributed by atoms with Crippen molar-refractivity contribution in [3.05, 3.63) is 12.4 Å². The summed E-state index contributed by atoms with van der Waals surface area (Å²) in [6, 6.07) is -4.04. The molecular weight excluding hydrogens is 212 g/mol. The van der Waals surface area contributed by atoms with Crippen LogP contribution < -0.4 is 0 Å². The second kappa shape index (κ2) is 3.25. The van der Waals surface area contributed by atoms with Crippen LogP contribution in [0.2, 0.25) is 0 Å². The minimum Gasteiger partial charge on any atom is -0.333 e. The summed E-state index contributed by atoms with van der Waals surface area (Å²) in [4.78, 5) is 0.790. The first kappa shape index (κ1) is 10.4. The lowest BCUT2D eigenvalue weighted by Gasteiger charge is -2.30. The largest absolute Gasteiger partial charge is 0.373 e. The highest BCUT2D eigenvalue weighted by atomic mass is 35.5. The van der Waals surface area contributed by atoms with E-state index >= 15 is 0 Å². The van der Waals surface area contributed by atoms with E-state index < -0.39 is 18.1 Å². The van der Waals surface area contributed by atoms with Gasteiger partial charge < -0.3 is 4.90 Å². The lowest BCUT2D eigenvalue weighted by atomic mass is 10.5. The third-order valence-corrected chi connectivity index (χ3v) is 1.90. The molecule has 0 bridgehead atoms. The summed E-state index contributed by atoms with van der Waals surface area (Å²) in [7, 11) is 1.25. The molecule has 1 aliphatic rings. The summed E-state index contributed by atoms with van der Waals surface area (Å²) < 4.78 is 50.7. The first-order valence-corrected chi connectivity index (χ1v) is 3.79. The van der Waals surface area contributed by atoms with Gasteiger partial charge in [0.25, 0.3) is 12.1 Å². The first-order valence-electron chi connectivity index (χ1n) is 3.36. The van der Waals surface area contributed by atoms with Crippen LogP contribution in [0, 0.1) is 0 Å². The van der Waals surface area contributed by atoms with E-state index in [0.29, 0.717) is 0 Å². The predicted octanol–water partition coefficient (Wildman–Crippen LogP) is 2.09. The molecule has 0 spiro atoms. The Hall–Kier alpha value is -0.650. The topological polar surface area (TPSA) is 6.48 Å². The van der Waals surface area contributed by atoms with E-state index in [9.17, 15) is 17.6 Å². The number of hydrogen-bond acceptors (Lipinski definition) is 2. The molecule has 2 atom stereocenters. The van der Waals surface area contributed by atoms with Crippen molar-refractivity contribution in [2.75, 3.05) is 7.05 Å². The van der Waals surface area contributed by atoms with Crippen LogP contribution in [-0.2, 0) is 0 Å². The molecule has 76 valence electrons. The molecule has 0 aromatic carbocycles. The van der Waals surface area contributed by atoms with Crippen LogP contribution in [0.5, 0.6) is 0 Å². The van der Waals surface area contributed by atoms with Crippen molar-refractivity contribution in [1.29, 1.82) is 0 Å². The molecule has 0 saturated heterocycles. The van der Waals surface area contributed by atoms with Crippen molar-refractivity contribution in [3.63, 3.8) is 0 Å². The minimum absolute atomic E-state index is 0.0787. The van der Waals surface area contributed by atoms with Gasteiger partial charge >= 0.3 is 6.05 Å². The Labute approximate surface area is 77.4 Å². The van der Waals surface area contributed by atoms with E-state index in [2.05, 4.69) is 11.6 Å². The van der Waals surface area contributed by atoms with Gasteiger partial charge in [-0.2, -0.15) is 13.2 Å². The molecule has 0 saturated carbocycles.